The van der Waals surface area contributed by atoms with Crippen molar-refractivity contribution in [2.45, 2.75) is 6.92 Å². The summed E-state index contributed by atoms with van der Waals surface area (Å²) in [6, 6.07) is 0. The van der Waals surface area contributed by atoms with Gasteiger partial charge in [0.15, 0.2) is 0 Å². The molecule has 1 atom stereocenters. The van der Waals surface area contributed by atoms with Crippen molar-refractivity contribution >= 4 is 5.97 Å². The van der Waals surface area contributed by atoms with Gasteiger partial charge in [-0.1, -0.05) is 0 Å². The zero-order valence-corrected chi connectivity index (χ0v) is 6.59. The molecule has 4 nitrogen and oxygen atoms in total. The summed E-state index contributed by atoms with van der Waals surface area (Å²) >= 11 is 0. The number of ether oxygens (including phenoxy) is 1. The summed E-state index contributed by atoms with van der Waals surface area (Å²) in [6.45, 7) is 3.82. The van der Waals surface area contributed by atoms with Crippen LogP contribution in [0.25, 0.3) is 0 Å². The molecule has 1 aliphatic heterocycles. The maximum Gasteiger partial charge on any atom is 0.313 e. The fourth-order valence-corrected chi connectivity index (χ4v) is 0.994. The second-order valence-corrected chi connectivity index (χ2v) is 3.10. The summed E-state index contributed by atoms with van der Waals surface area (Å²) < 4.78 is 5.13. The molecule has 0 aromatic heterocycles. The zero-order valence-electron chi connectivity index (χ0n) is 6.59. The molecule has 0 radical (unpaired) electrons. The maximum atomic E-state index is 10.7. The van der Waals surface area contributed by atoms with Crippen LogP contribution in [0.15, 0.2) is 0 Å². The molecule has 11 heavy (non-hydrogen) atoms. The first kappa shape index (κ1) is 8.49. The van der Waals surface area contributed by atoms with Gasteiger partial charge in [0.05, 0.1) is 13.2 Å². The van der Waals surface area contributed by atoms with Gasteiger partial charge in [-0.05, 0) is 6.92 Å². The van der Waals surface area contributed by atoms with Crippen LogP contribution in [-0.2, 0) is 9.53 Å². The van der Waals surface area contributed by atoms with E-state index in [4.69, 9.17) is 9.84 Å². The molecule has 0 unspecified atom stereocenters. The lowest BCUT2D eigenvalue weighted by Gasteiger charge is -2.20. The first-order valence-corrected chi connectivity index (χ1v) is 3.67. The number of hydrogen-bond donors (Lipinski definition) is 2. The van der Waals surface area contributed by atoms with Crippen LogP contribution < -0.4 is 5.32 Å². The predicted octanol–water partition coefficient (Wildman–Crippen LogP) is -0.303. The molecule has 0 spiro atoms. The molecule has 0 bridgehead atoms. The quantitative estimate of drug-likeness (QED) is 0.551. The van der Waals surface area contributed by atoms with Gasteiger partial charge in [0.25, 0.3) is 0 Å². The minimum absolute atomic E-state index is 0.301. The molecular formula is C7H13NO3. The average Bonchev–Trinajstić information content (AvgIpc) is 2.15. The van der Waals surface area contributed by atoms with Crippen molar-refractivity contribution in [1.29, 1.82) is 0 Å². The fourth-order valence-electron chi connectivity index (χ4n) is 0.994. The third-order valence-corrected chi connectivity index (χ3v) is 1.88. The Labute approximate surface area is 65.5 Å². The molecule has 0 saturated carbocycles. The van der Waals surface area contributed by atoms with Gasteiger partial charge in [-0.2, -0.15) is 0 Å². The van der Waals surface area contributed by atoms with E-state index >= 15 is 0 Å². The number of carbonyl (C=O) groups is 1. The lowest BCUT2D eigenvalue weighted by molar-refractivity contribution is -0.150. The van der Waals surface area contributed by atoms with Crippen molar-refractivity contribution in [3.63, 3.8) is 0 Å². The van der Waals surface area contributed by atoms with E-state index in [0.29, 0.717) is 19.8 Å². The van der Waals surface area contributed by atoms with E-state index in [1.165, 1.54) is 0 Å². The topological polar surface area (TPSA) is 58.6 Å². The van der Waals surface area contributed by atoms with E-state index < -0.39 is 11.4 Å². The highest BCUT2D eigenvalue weighted by Crippen LogP contribution is 2.17. The Kier molecular flexibility index (Phi) is 2.46. The normalized spacial score (nSPS) is 32.8. The van der Waals surface area contributed by atoms with E-state index in [0.717, 1.165) is 6.54 Å². The number of carboxylic acid groups (broad SMARTS) is 1. The Bertz CT molecular complexity index is 150. The van der Waals surface area contributed by atoms with Gasteiger partial charge in [-0.3, -0.25) is 4.79 Å². The highest BCUT2D eigenvalue weighted by atomic mass is 16.5. The summed E-state index contributed by atoms with van der Waals surface area (Å²) in [7, 11) is 0. The number of carboxylic acids is 1. The standard InChI is InChI=1S/C7H13NO3/c1-7(6(9)10)4-8-2-3-11-5-7/h8H,2-5H2,1H3,(H,9,10)/t7-/m0/s1. The summed E-state index contributed by atoms with van der Waals surface area (Å²) in [4.78, 5) is 10.7. The lowest BCUT2D eigenvalue weighted by atomic mass is 9.92. The molecule has 64 valence electrons. The van der Waals surface area contributed by atoms with Gasteiger partial charge in [0.2, 0.25) is 0 Å². The molecule has 1 rings (SSSR count). The Morgan fingerprint density at radius 3 is 3.09 bits per heavy atom. The molecule has 1 fully saturated rings. The third-order valence-electron chi connectivity index (χ3n) is 1.88. The van der Waals surface area contributed by atoms with Crippen molar-refractivity contribution in [3.05, 3.63) is 0 Å². The van der Waals surface area contributed by atoms with Gasteiger partial charge in [-0.25, -0.2) is 0 Å². The molecule has 1 heterocycles. The van der Waals surface area contributed by atoms with Gasteiger partial charge < -0.3 is 15.2 Å². The average molecular weight is 159 g/mol. The number of nitrogens with one attached hydrogen (secondary N) is 1. The van der Waals surface area contributed by atoms with E-state index in [1.807, 2.05) is 0 Å². The van der Waals surface area contributed by atoms with E-state index in [9.17, 15) is 4.79 Å². The molecule has 0 aromatic rings. The van der Waals surface area contributed by atoms with Gasteiger partial charge in [-0.15, -0.1) is 0 Å². The summed E-state index contributed by atoms with van der Waals surface area (Å²) in [5.41, 5.74) is -0.753. The van der Waals surface area contributed by atoms with Gasteiger partial charge >= 0.3 is 5.97 Å². The van der Waals surface area contributed by atoms with Crippen LogP contribution in [0, 0.1) is 5.41 Å². The second-order valence-electron chi connectivity index (χ2n) is 3.10. The van der Waals surface area contributed by atoms with Crippen LogP contribution in [0.1, 0.15) is 6.92 Å². The lowest BCUT2D eigenvalue weighted by Crippen LogP contribution is -2.39. The fraction of sp³-hybridized carbons (Fsp3) is 0.857. The molecule has 0 aliphatic carbocycles. The SMILES string of the molecule is C[C@]1(C(=O)O)CNCCOC1. The zero-order chi connectivity index (χ0) is 8.32. The second kappa shape index (κ2) is 3.19. The van der Waals surface area contributed by atoms with E-state index in [2.05, 4.69) is 5.32 Å². The van der Waals surface area contributed by atoms with Crippen molar-refractivity contribution in [1.82, 2.24) is 5.32 Å². The molecule has 1 aliphatic rings. The molecule has 1 saturated heterocycles. The van der Waals surface area contributed by atoms with Crippen LogP contribution in [-0.4, -0.2) is 37.4 Å². The van der Waals surface area contributed by atoms with Crippen LogP contribution in [0.2, 0.25) is 0 Å². The first-order valence-electron chi connectivity index (χ1n) is 3.67. The number of aliphatic carboxylic acids is 1. The predicted molar refractivity (Wildman–Crippen MR) is 39.4 cm³/mol. The monoisotopic (exact) mass is 159 g/mol. The highest BCUT2D eigenvalue weighted by molar-refractivity contribution is 5.74. The summed E-state index contributed by atoms with van der Waals surface area (Å²) in [5.74, 6) is -0.799. The third kappa shape index (κ3) is 1.91. The van der Waals surface area contributed by atoms with Crippen LogP contribution in [0.4, 0.5) is 0 Å². The van der Waals surface area contributed by atoms with E-state index in [-0.39, 0.29) is 0 Å². The Balaban J connectivity index is 2.59. The van der Waals surface area contributed by atoms with Crippen LogP contribution in [0.5, 0.6) is 0 Å². The van der Waals surface area contributed by atoms with E-state index in [1.54, 1.807) is 6.92 Å². The Morgan fingerprint density at radius 1 is 1.73 bits per heavy atom. The van der Waals surface area contributed by atoms with Crippen LogP contribution >= 0.6 is 0 Å². The maximum absolute atomic E-state index is 10.7. The van der Waals surface area contributed by atoms with Crippen LogP contribution in [0.3, 0.4) is 0 Å². The molecule has 4 heteroatoms. The van der Waals surface area contributed by atoms with Gasteiger partial charge in [0, 0.05) is 13.1 Å². The molecule has 0 amide bonds. The Morgan fingerprint density at radius 2 is 2.45 bits per heavy atom. The minimum Gasteiger partial charge on any atom is -0.481 e. The summed E-state index contributed by atoms with van der Waals surface area (Å²) in [6.07, 6.45) is 0. The molecule has 2 N–H and O–H groups in total. The van der Waals surface area contributed by atoms with Crippen molar-refractivity contribution in [2.24, 2.45) is 5.41 Å². The number of rotatable bonds is 1. The Hall–Kier alpha value is -0.610. The number of hydrogen-bond acceptors (Lipinski definition) is 3. The highest BCUT2D eigenvalue weighted by Gasteiger charge is 2.34. The van der Waals surface area contributed by atoms with Gasteiger partial charge in [0.1, 0.15) is 5.41 Å². The summed E-state index contributed by atoms with van der Waals surface area (Å²) in [5, 5.41) is 11.8. The molecular weight excluding hydrogens is 146 g/mol. The van der Waals surface area contributed by atoms with Crippen molar-refractivity contribution in [3.8, 4) is 0 Å². The smallest absolute Gasteiger partial charge is 0.313 e. The first-order chi connectivity index (χ1) is 5.15. The molecule has 0 aromatic carbocycles. The van der Waals surface area contributed by atoms with Crippen molar-refractivity contribution < 1.29 is 14.6 Å². The van der Waals surface area contributed by atoms with Crippen molar-refractivity contribution in [2.75, 3.05) is 26.3 Å². The minimum atomic E-state index is -0.799. The largest absolute Gasteiger partial charge is 0.481 e.